The number of benzene rings is 1. The Balaban J connectivity index is 1.95. The third-order valence-corrected chi connectivity index (χ3v) is 4.48. The van der Waals surface area contributed by atoms with Gasteiger partial charge in [0.15, 0.2) is 0 Å². The van der Waals surface area contributed by atoms with Gasteiger partial charge < -0.3 is 9.30 Å². The molecule has 0 unspecified atom stereocenters. The van der Waals surface area contributed by atoms with Crippen LogP contribution in [0.5, 0.6) is 0 Å². The predicted octanol–water partition coefficient (Wildman–Crippen LogP) is 3.85. The van der Waals surface area contributed by atoms with Gasteiger partial charge in [-0.2, -0.15) is 0 Å². The lowest BCUT2D eigenvalue weighted by atomic mass is 10.2. The van der Waals surface area contributed by atoms with E-state index in [0.29, 0.717) is 12.1 Å². The van der Waals surface area contributed by atoms with E-state index < -0.39 is 0 Å². The maximum absolute atomic E-state index is 12.0. The van der Waals surface area contributed by atoms with E-state index in [1.54, 1.807) is 11.3 Å². The van der Waals surface area contributed by atoms with Gasteiger partial charge in [-0.05, 0) is 25.1 Å². The molecule has 0 amide bonds. The van der Waals surface area contributed by atoms with Crippen molar-refractivity contribution in [3.05, 3.63) is 58.6 Å². The molecule has 0 aliphatic heterocycles. The van der Waals surface area contributed by atoms with Gasteiger partial charge in [0.25, 0.3) is 0 Å². The molecule has 0 atom stereocenters. The molecule has 22 heavy (non-hydrogen) atoms. The molecule has 0 fully saturated rings. The summed E-state index contributed by atoms with van der Waals surface area (Å²) in [6.45, 7) is 2.48. The molecule has 3 aromatic rings. The van der Waals surface area contributed by atoms with Crippen molar-refractivity contribution in [2.24, 2.45) is 0 Å². The van der Waals surface area contributed by atoms with Gasteiger partial charge in [0, 0.05) is 16.6 Å². The van der Waals surface area contributed by atoms with Crippen LogP contribution in [-0.2, 0) is 11.3 Å². The maximum Gasteiger partial charge on any atom is 0.341 e. The monoisotopic (exact) mass is 309 g/mol. The van der Waals surface area contributed by atoms with Crippen LogP contribution in [0.15, 0.2) is 42.6 Å². The van der Waals surface area contributed by atoms with Crippen LogP contribution in [0.1, 0.15) is 20.8 Å². The summed E-state index contributed by atoms with van der Waals surface area (Å²) in [5, 5.41) is 0. The van der Waals surface area contributed by atoms with Crippen molar-refractivity contribution < 1.29 is 9.53 Å². The molecule has 110 valence electrons. The molecule has 0 saturated carbocycles. The lowest BCUT2D eigenvalue weighted by Crippen LogP contribution is -2.05. The smallest absolute Gasteiger partial charge is 0.341 e. The molecule has 0 bridgehead atoms. The van der Waals surface area contributed by atoms with Gasteiger partial charge in [0.2, 0.25) is 0 Å². The lowest BCUT2D eigenvalue weighted by molar-refractivity contribution is 0.0602. The summed E-state index contributed by atoms with van der Waals surface area (Å²) in [7, 11) is 1.41. The number of hydrogen-bond acceptors (Lipinski definition) is 3. The molecule has 3 nitrogen and oxygen atoms in total. The normalized spacial score (nSPS) is 10.3. The number of carbonyl (C=O) groups is 1. The fraction of sp³-hybridized carbons (Fsp3) is 0.167. The zero-order valence-electron chi connectivity index (χ0n) is 12.4. The van der Waals surface area contributed by atoms with Crippen LogP contribution in [0.3, 0.4) is 0 Å². The molecule has 4 heteroatoms. The number of esters is 1. The quantitative estimate of drug-likeness (QED) is 0.532. The van der Waals surface area contributed by atoms with Crippen LogP contribution in [0.25, 0.3) is 10.2 Å². The van der Waals surface area contributed by atoms with Gasteiger partial charge in [0.05, 0.1) is 29.4 Å². The molecule has 0 aliphatic rings. The largest absolute Gasteiger partial charge is 0.465 e. The van der Waals surface area contributed by atoms with E-state index in [-0.39, 0.29) is 5.97 Å². The number of hydrogen-bond donors (Lipinski definition) is 0. The molecule has 0 saturated heterocycles. The second kappa shape index (κ2) is 6.08. The second-order valence-electron chi connectivity index (χ2n) is 4.85. The van der Waals surface area contributed by atoms with Crippen molar-refractivity contribution in [3.63, 3.8) is 0 Å². The number of ether oxygens (including phenoxy) is 1. The summed E-state index contributed by atoms with van der Waals surface area (Å²) in [6, 6.07) is 11.9. The molecular weight excluding hydrogens is 294 g/mol. The van der Waals surface area contributed by atoms with Crippen molar-refractivity contribution >= 4 is 27.5 Å². The Kier molecular flexibility index (Phi) is 3.99. The topological polar surface area (TPSA) is 31.2 Å². The maximum atomic E-state index is 12.0. The molecule has 2 aromatic heterocycles. The number of thiophene rings is 1. The standard InChI is InChI=1S/C18H15NO2S/c1-13-16(18(20)21-2)17-15(22-13)10-12-19(17)11-6-9-14-7-4-3-5-8-14/h3-5,7-8,10,12H,11H2,1-2H3. The molecule has 2 heterocycles. The summed E-state index contributed by atoms with van der Waals surface area (Å²) in [5.74, 6) is 6.00. The zero-order valence-corrected chi connectivity index (χ0v) is 13.2. The second-order valence-corrected chi connectivity index (χ2v) is 6.11. The summed E-state index contributed by atoms with van der Waals surface area (Å²) in [5.41, 5.74) is 2.55. The molecule has 3 rings (SSSR count). The first-order chi connectivity index (χ1) is 10.7. The molecule has 0 radical (unpaired) electrons. The number of nitrogens with zero attached hydrogens (tertiary/aromatic N) is 1. The highest BCUT2D eigenvalue weighted by molar-refractivity contribution is 7.19. The zero-order chi connectivity index (χ0) is 15.5. The van der Waals surface area contributed by atoms with E-state index in [9.17, 15) is 4.79 Å². The number of methoxy groups -OCH3 is 1. The van der Waals surface area contributed by atoms with Gasteiger partial charge >= 0.3 is 5.97 Å². The minimum atomic E-state index is -0.292. The van der Waals surface area contributed by atoms with E-state index in [4.69, 9.17) is 4.74 Å². The van der Waals surface area contributed by atoms with Gasteiger partial charge in [-0.15, -0.1) is 11.3 Å². The molecule has 1 aromatic carbocycles. The van der Waals surface area contributed by atoms with E-state index in [1.807, 2.05) is 54.1 Å². The Morgan fingerprint density at radius 3 is 2.77 bits per heavy atom. The van der Waals surface area contributed by atoms with Crippen LogP contribution in [0.2, 0.25) is 0 Å². The number of fused-ring (bicyclic) bond motifs is 1. The number of aromatic nitrogens is 1. The average molecular weight is 309 g/mol. The molecule has 0 N–H and O–H groups in total. The van der Waals surface area contributed by atoms with E-state index in [0.717, 1.165) is 20.7 Å². The Hall–Kier alpha value is -2.51. The number of rotatable bonds is 2. The summed E-state index contributed by atoms with van der Waals surface area (Å²) >= 11 is 1.60. The van der Waals surface area contributed by atoms with Crippen LogP contribution in [-0.4, -0.2) is 17.6 Å². The molecule has 0 aliphatic carbocycles. The highest BCUT2D eigenvalue weighted by Crippen LogP contribution is 2.32. The van der Waals surface area contributed by atoms with Crippen molar-refractivity contribution in [2.45, 2.75) is 13.5 Å². The first-order valence-electron chi connectivity index (χ1n) is 6.91. The Labute approximate surface area is 133 Å². The van der Waals surface area contributed by atoms with Gasteiger partial charge in [-0.1, -0.05) is 30.0 Å². The molecular formula is C18H15NO2S. The minimum Gasteiger partial charge on any atom is -0.465 e. The highest BCUT2D eigenvalue weighted by Gasteiger charge is 2.19. The number of aryl methyl sites for hydroxylation is 1. The van der Waals surface area contributed by atoms with Gasteiger partial charge in [-0.25, -0.2) is 4.79 Å². The summed E-state index contributed by atoms with van der Waals surface area (Å²) < 4.78 is 7.98. The highest BCUT2D eigenvalue weighted by atomic mass is 32.1. The van der Waals surface area contributed by atoms with Crippen molar-refractivity contribution in [1.82, 2.24) is 4.57 Å². The third kappa shape index (κ3) is 2.63. The first kappa shape index (κ1) is 14.4. The van der Waals surface area contributed by atoms with Crippen molar-refractivity contribution in [3.8, 4) is 11.8 Å². The van der Waals surface area contributed by atoms with E-state index >= 15 is 0 Å². The molecule has 0 spiro atoms. The van der Waals surface area contributed by atoms with Crippen LogP contribution in [0.4, 0.5) is 0 Å². The SMILES string of the molecule is COC(=O)c1c(C)sc2ccn(CC#Cc3ccccc3)c12. The van der Waals surface area contributed by atoms with Crippen LogP contribution < -0.4 is 0 Å². The van der Waals surface area contributed by atoms with Crippen LogP contribution >= 0.6 is 11.3 Å². The third-order valence-electron chi connectivity index (χ3n) is 3.42. The Morgan fingerprint density at radius 1 is 1.27 bits per heavy atom. The summed E-state index contributed by atoms with van der Waals surface area (Å²) in [4.78, 5) is 13.0. The van der Waals surface area contributed by atoms with E-state index in [2.05, 4.69) is 11.8 Å². The minimum absolute atomic E-state index is 0.292. The number of carbonyl (C=O) groups excluding carboxylic acids is 1. The van der Waals surface area contributed by atoms with E-state index in [1.165, 1.54) is 7.11 Å². The lowest BCUT2D eigenvalue weighted by Gasteiger charge is -2.02. The van der Waals surface area contributed by atoms with Crippen molar-refractivity contribution in [2.75, 3.05) is 7.11 Å². The predicted molar refractivity (Wildman–Crippen MR) is 89.2 cm³/mol. The Morgan fingerprint density at radius 2 is 2.05 bits per heavy atom. The summed E-state index contributed by atoms with van der Waals surface area (Å²) in [6.07, 6.45) is 1.96. The Bertz CT molecular complexity index is 878. The van der Waals surface area contributed by atoms with Crippen molar-refractivity contribution in [1.29, 1.82) is 0 Å². The van der Waals surface area contributed by atoms with Gasteiger partial charge in [-0.3, -0.25) is 0 Å². The van der Waals surface area contributed by atoms with Gasteiger partial charge in [0.1, 0.15) is 0 Å². The fourth-order valence-electron chi connectivity index (χ4n) is 2.41. The first-order valence-corrected chi connectivity index (χ1v) is 7.73. The fourth-order valence-corrected chi connectivity index (χ4v) is 3.46. The average Bonchev–Trinajstić information content (AvgIpc) is 3.06. The van der Waals surface area contributed by atoms with Crippen LogP contribution in [0, 0.1) is 18.8 Å².